The molecular weight excluding hydrogens is 358 g/mol. The molecule has 1 aromatic rings. The van der Waals surface area contributed by atoms with Crippen LogP contribution < -0.4 is 4.57 Å². The van der Waals surface area contributed by atoms with Gasteiger partial charge in [0.15, 0.2) is 11.9 Å². The second-order valence-corrected chi connectivity index (χ2v) is 8.71. The summed E-state index contributed by atoms with van der Waals surface area (Å²) in [4.78, 5) is 10.4. The number of hydrogen-bond donors (Lipinski definition) is 1. The van der Waals surface area contributed by atoms with Crippen molar-refractivity contribution in [2.45, 2.75) is 122 Å². The van der Waals surface area contributed by atoms with E-state index in [0.29, 0.717) is 6.42 Å². The molecule has 0 atom stereocenters. The largest absolute Gasteiger partial charge is 0.481 e. The zero-order chi connectivity index (χ0) is 21.0. The Morgan fingerprint density at radius 2 is 1.10 bits per heavy atom. The van der Waals surface area contributed by atoms with Crippen LogP contribution in [-0.2, 0) is 18.3 Å². The summed E-state index contributed by atoms with van der Waals surface area (Å²) in [6, 6.07) is 6.48. The Balaban J connectivity index is 1.72. The number of aliphatic carboxylic acids is 1. The second-order valence-electron chi connectivity index (χ2n) is 8.71. The minimum absolute atomic E-state index is 0.340. The molecule has 3 heteroatoms. The van der Waals surface area contributed by atoms with Gasteiger partial charge < -0.3 is 5.11 Å². The minimum Gasteiger partial charge on any atom is -0.481 e. The predicted octanol–water partition coefficient (Wildman–Crippen LogP) is 7.16. The number of nitrogens with zero attached hydrogens (tertiary/aromatic N) is 1. The number of carboxylic acids is 1. The van der Waals surface area contributed by atoms with Crippen molar-refractivity contribution in [2.75, 3.05) is 0 Å². The van der Waals surface area contributed by atoms with Crippen LogP contribution in [0.1, 0.15) is 121 Å². The molecule has 3 nitrogen and oxygen atoms in total. The van der Waals surface area contributed by atoms with E-state index in [1.807, 2.05) is 0 Å². The van der Waals surface area contributed by atoms with Crippen LogP contribution >= 0.6 is 0 Å². The molecule has 1 aromatic heterocycles. The summed E-state index contributed by atoms with van der Waals surface area (Å²) in [5, 5.41) is 8.59. The van der Waals surface area contributed by atoms with Crippen molar-refractivity contribution in [1.29, 1.82) is 0 Å². The molecule has 0 amide bonds. The number of carboxylic acid groups (broad SMARTS) is 1. The number of hydrogen-bond acceptors (Lipinski definition) is 1. The molecule has 0 radical (unpaired) electrons. The normalized spacial score (nSPS) is 11.1. The minimum atomic E-state index is -0.654. The Morgan fingerprint density at radius 3 is 1.52 bits per heavy atom. The van der Waals surface area contributed by atoms with Gasteiger partial charge in [0.05, 0.1) is 0 Å². The highest BCUT2D eigenvalue weighted by atomic mass is 16.4. The van der Waals surface area contributed by atoms with E-state index in [-0.39, 0.29) is 0 Å². The molecule has 0 aliphatic rings. The third kappa shape index (κ3) is 16.1. The van der Waals surface area contributed by atoms with Crippen LogP contribution in [0.4, 0.5) is 0 Å². The van der Waals surface area contributed by atoms with E-state index in [0.717, 1.165) is 12.8 Å². The number of aryl methyl sites for hydroxylation is 2. The summed E-state index contributed by atoms with van der Waals surface area (Å²) in [5.41, 5.74) is 1.45. The lowest BCUT2D eigenvalue weighted by molar-refractivity contribution is -0.679. The smallest absolute Gasteiger partial charge is 0.303 e. The van der Waals surface area contributed by atoms with E-state index < -0.39 is 5.97 Å². The standard InChI is InChI=1S/C26H45NO2/c1-27-24-20-19-22-25(27)21-17-15-13-11-9-7-5-3-2-4-6-8-10-12-14-16-18-23-26(28)29/h19-20,22,24H,2-18,21,23H2,1H3/p+1. The highest BCUT2D eigenvalue weighted by Gasteiger charge is 2.03. The first-order chi connectivity index (χ1) is 14.2. The van der Waals surface area contributed by atoms with Gasteiger partial charge in [-0.2, -0.15) is 0 Å². The van der Waals surface area contributed by atoms with Gasteiger partial charge in [0, 0.05) is 25.0 Å². The monoisotopic (exact) mass is 404 g/mol. The van der Waals surface area contributed by atoms with E-state index >= 15 is 0 Å². The van der Waals surface area contributed by atoms with E-state index in [2.05, 4.69) is 36.0 Å². The molecule has 1 heterocycles. The maximum atomic E-state index is 10.4. The Morgan fingerprint density at radius 1 is 0.690 bits per heavy atom. The third-order valence-corrected chi connectivity index (χ3v) is 5.99. The summed E-state index contributed by atoms with van der Waals surface area (Å²) in [7, 11) is 2.14. The summed E-state index contributed by atoms with van der Waals surface area (Å²) >= 11 is 0. The molecule has 0 aliphatic carbocycles. The highest BCUT2D eigenvalue weighted by Crippen LogP contribution is 2.14. The van der Waals surface area contributed by atoms with E-state index in [1.54, 1.807) is 0 Å². The Hall–Kier alpha value is -1.38. The van der Waals surface area contributed by atoms with Gasteiger partial charge in [0.25, 0.3) is 0 Å². The van der Waals surface area contributed by atoms with Gasteiger partial charge in [0.1, 0.15) is 7.05 Å². The first-order valence-corrected chi connectivity index (χ1v) is 12.4. The van der Waals surface area contributed by atoms with Gasteiger partial charge in [-0.3, -0.25) is 4.79 Å². The van der Waals surface area contributed by atoms with E-state index in [4.69, 9.17) is 5.11 Å². The average Bonchev–Trinajstić information content (AvgIpc) is 2.70. The van der Waals surface area contributed by atoms with Crippen molar-refractivity contribution in [1.82, 2.24) is 0 Å². The zero-order valence-electron chi connectivity index (χ0n) is 19.0. The quantitative estimate of drug-likeness (QED) is 0.185. The Bertz CT molecular complexity index is 515. The van der Waals surface area contributed by atoms with Crippen LogP contribution in [0, 0.1) is 0 Å². The molecule has 0 fully saturated rings. The third-order valence-electron chi connectivity index (χ3n) is 5.99. The summed E-state index contributed by atoms with van der Waals surface area (Å²) in [5.74, 6) is -0.654. The summed E-state index contributed by atoms with van der Waals surface area (Å²) in [6.07, 6.45) is 26.2. The van der Waals surface area contributed by atoms with Gasteiger partial charge in [-0.15, -0.1) is 0 Å². The van der Waals surface area contributed by atoms with Gasteiger partial charge >= 0.3 is 5.97 Å². The molecule has 0 aromatic carbocycles. The molecular formula is C26H46NO2+. The molecule has 0 saturated carbocycles. The highest BCUT2D eigenvalue weighted by molar-refractivity contribution is 5.66. The van der Waals surface area contributed by atoms with Crippen molar-refractivity contribution in [2.24, 2.45) is 7.05 Å². The molecule has 0 unspecified atom stereocenters. The van der Waals surface area contributed by atoms with Crippen LogP contribution in [-0.4, -0.2) is 11.1 Å². The fraction of sp³-hybridized carbons (Fsp3) is 0.769. The lowest BCUT2D eigenvalue weighted by Gasteiger charge is -2.04. The van der Waals surface area contributed by atoms with Crippen molar-refractivity contribution in [3.63, 3.8) is 0 Å². The van der Waals surface area contributed by atoms with Gasteiger partial charge in [-0.05, 0) is 12.8 Å². The molecule has 0 saturated heterocycles. The SMILES string of the molecule is C[n+]1ccccc1CCCCCCCCCCCCCCCCCCCC(=O)O. The van der Waals surface area contributed by atoms with Crippen LogP contribution in [0.2, 0.25) is 0 Å². The second kappa shape index (κ2) is 18.6. The molecule has 0 aliphatic heterocycles. The predicted molar refractivity (Wildman–Crippen MR) is 122 cm³/mol. The Kier molecular flexibility index (Phi) is 16.5. The van der Waals surface area contributed by atoms with E-state index in [9.17, 15) is 4.79 Å². The van der Waals surface area contributed by atoms with Crippen LogP contribution in [0.3, 0.4) is 0 Å². The summed E-state index contributed by atoms with van der Waals surface area (Å²) in [6.45, 7) is 0. The topological polar surface area (TPSA) is 41.2 Å². The summed E-state index contributed by atoms with van der Waals surface area (Å²) < 4.78 is 2.24. The van der Waals surface area contributed by atoms with Crippen LogP contribution in [0.25, 0.3) is 0 Å². The lowest BCUT2D eigenvalue weighted by Crippen LogP contribution is -2.32. The number of unbranched alkanes of at least 4 members (excludes halogenated alkanes) is 16. The lowest BCUT2D eigenvalue weighted by atomic mass is 10.0. The fourth-order valence-electron chi connectivity index (χ4n) is 4.05. The first kappa shape index (κ1) is 25.7. The molecule has 1 N–H and O–H groups in total. The number of pyridine rings is 1. The van der Waals surface area contributed by atoms with Crippen molar-refractivity contribution in [3.8, 4) is 0 Å². The van der Waals surface area contributed by atoms with Crippen LogP contribution in [0.5, 0.6) is 0 Å². The molecule has 0 bridgehead atoms. The van der Waals surface area contributed by atoms with Gasteiger partial charge in [0.2, 0.25) is 0 Å². The average molecular weight is 405 g/mol. The van der Waals surface area contributed by atoms with Crippen molar-refractivity contribution >= 4 is 5.97 Å². The van der Waals surface area contributed by atoms with Crippen LogP contribution in [0.15, 0.2) is 24.4 Å². The van der Waals surface area contributed by atoms with Crippen molar-refractivity contribution < 1.29 is 14.5 Å². The van der Waals surface area contributed by atoms with E-state index in [1.165, 1.54) is 108 Å². The number of rotatable bonds is 20. The van der Waals surface area contributed by atoms with Gasteiger partial charge in [-0.1, -0.05) is 102 Å². The molecule has 1 rings (SSSR count). The maximum absolute atomic E-state index is 10.4. The van der Waals surface area contributed by atoms with Crippen molar-refractivity contribution in [3.05, 3.63) is 30.1 Å². The Labute approximate surface area is 179 Å². The molecule has 29 heavy (non-hydrogen) atoms. The zero-order valence-corrected chi connectivity index (χ0v) is 19.0. The fourth-order valence-corrected chi connectivity index (χ4v) is 4.05. The van der Waals surface area contributed by atoms with Gasteiger partial charge in [-0.25, -0.2) is 4.57 Å². The first-order valence-electron chi connectivity index (χ1n) is 12.4. The number of aromatic nitrogens is 1. The number of carbonyl (C=O) groups is 1. The molecule has 166 valence electrons. The maximum Gasteiger partial charge on any atom is 0.303 e. The molecule has 0 spiro atoms.